The molecule has 0 saturated carbocycles. The Morgan fingerprint density at radius 1 is 1.60 bits per heavy atom. The molecule has 0 bridgehead atoms. The zero-order chi connectivity index (χ0) is 15.0. The van der Waals surface area contributed by atoms with E-state index in [0.29, 0.717) is 29.2 Å². The van der Waals surface area contributed by atoms with Gasteiger partial charge in [0.15, 0.2) is 0 Å². The largest absolute Gasteiger partial charge is 0.480 e. The molecule has 1 atom stereocenters. The van der Waals surface area contributed by atoms with Crippen molar-refractivity contribution in [3.8, 4) is 0 Å². The summed E-state index contributed by atoms with van der Waals surface area (Å²) in [4.78, 5) is 32.4. The predicted octanol–water partition coefficient (Wildman–Crippen LogP) is 0.889. The molecule has 110 valence electrons. The highest BCUT2D eigenvalue weighted by Crippen LogP contribution is 2.19. The molecule has 0 saturated heterocycles. The number of methoxy groups -OCH3 is 1. The average molecular weight is 301 g/mol. The number of esters is 1. The fourth-order valence-corrected chi connectivity index (χ4v) is 2.43. The van der Waals surface area contributed by atoms with Crippen molar-refractivity contribution < 1.29 is 28.6 Å². The van der Waals surface area contributed by atoms with Gasteiger partial charge in [-0.2, -0.15) is 11.8 Å². The minimum atomic E-state index is -1.08. The van der Waals surface area contributed by atoms with Crippen LogP contribution in [0.5, 0.6) is 0 Å². The van der Waals surface area contributed by atoms with Gasteiger partial charge in [-0.25, -0.2) is 9.59 Å². The maximum Gasteiger partial charge on any atom is 0.341 e. The molecule has 8 heteroatoms. The Bertz CT molecular complexity index is 472. The molecule has 0 spiro atoms. The van der Waals surface area contributed by atoms with Gasteiger partial charge in [0.1, 0.15) is 17.4 Å². The molecule has 0 aliphatic heterocycles. The van der Waals surface area contributed by atoms with E-state index in [1.54, 1.807) is 0 Å². The van der Waals surface area contributed by atoms with Crippen molar-refractivity contribution >= 4 is 30.1 Å². The van der Waals surface area contributed by atoms with Crippen LogP contribution in [-0.4, -0.2) is 42.4 Å². The third-order valence-electron chi connectivity index (χ3n) is 2.50. The first-order valence-electron chi connectivity index (χ1n) is 5.75. The summed E-state index contributed by atoms with van der Waals surface area (Å²) in [5.74, 6) is -0.146. The number of amides is 1. The molecule has 0 aliphatic carbocycles. The van der Waals surface area contributed by atoms with Crippen molar-refractivity contribution in [1.82, 2.24) is 5.32 Å². The van der Waals surface area contributed by atoms with E-state index in [2.05, 4.69) is 10.1 Å². The van der Waals surface area contributed by atoms with E-state index in [-0.39, 0.29) is 6.42 Å². The van der Waals surface area contributed by atoms with Gasteiger partial charge in [0, 0.05) is 0 Å². The number of carbonyl (C=O) groups is 3. The van der Waals surface area contributed by atoms with E-state index in [1.165, 1.54) is 31.2 Å². The molecule has 20 heavy (non-hydrogen) atoms. The lowest BCUT2D eigenvalue weighted by atomic mass is 10.2. The third kappa shape index (κ3) is 4.61. The van der Waals surface area contributed by atoms with Crippen molar-refractivity contribution in [3.05, 3.63) is 23.7 Å². The Hall–Kier alpha value is -1.96. The minimum Gasteiger partial charge on any atom is -0.480 e. The fraction of sp³-hybridized carbons (Fsp3) is 0.417. The average Bonchev–Trinajstić information content (AvgIpc) is 2.89. The molecule has 0 radical (unpaired) electrons. The number of carboxylic acid groups (broad SMARTS) is 1. The number of thioether (sulfide) groups is 1. The molecule has 0 fully saturated rings. The summed E-state index contributed by atoms with van der Waals surface area (Å²) >= 11 is 1.40. The van der Waals surface area contributed by atoms with Crippen LogP contribution >= 0.6 is 11.8 Å². The van der Waals surface area contributed by atoms with E-state index < -0.39 is 18.0 Å². The van der Waals surface area contributed by atoms with Crippen LogP contribution in [0.4, 0.5) is 0 Å². The second kappa shape index (κ2) is 8.26. The van der Waals surface area contributed by atoms with Crippen LogP contribution in [0.15, 0.2) is 16.7 Å². The van der Waals surface area contributed by atoms with E-state index in [0.717, 1.165) is 0 Å². The number of hydrogen-bond donors (Lipinski definition) is 2. The van der Waals surface area contributed by atoms with Gasteiger partial charge in [0.2, 0.25) is 6.41 Å². The van der Waals surface area contributed by atoms with Gasteiger partial charge in [-0.3, -0.25) is 4.79 Å². The highest BCUT2D eigenvalue weighted by Gasteiger charge is 2.17. The number of hydrogen-bond acceptors (Lipinski definition) is 6. The normalized spacial score (nSPS) is 11.7. The van der Waals surface area contributed by atoms with Crippen LogP contribution in [-0.2, 0) is 20.1 Å². The summed E-state index contributed by atoms with van der Waals surface area (Å²) in [7, 11) is 1.29. The smallest absolute Gasteiger partial charge is 0.341 e. The van der Waals surface area contributed by atoms with Crippen molar-refractivity contribution in [2.45, 2.75) is 18.2 Å². The molecule has 0 aromatic carbocycles. The van der Waals surface area contributed by atoms with Crippen LogP contribution in [0.3, 0.4) is 0 Å². The standard InChI is InChI=1S/C12H15NO6S/c1-18-12(17)8-2-4-19-10(8)6-20-5-3-9(11(15)16)13-7-14/h2,4,7,9H,3,5-6H2,1H3,(H,13,14)(H,15,16). The first-order chi connectivity index (χ1) is 9.60. The van der Waals surface area contributed by atoms with Gasteiger partial charge in [0.05, 0.1) is 19.1 Å². The third-order valence-corrected chi connectivity index (χ3v) is 3.49. The molecular formula is C12H15NO6S. The number of rotatable bonds is 9. The summed E-state index contributed by atoms with van der Waals surface area (Å²) in [6.07, 6.45) is 2.05. The number of ether oxygens (including phenoxy) is 1. The van der Waals surface area contributed by atoms with Crippen LogP contribution in [0.2, 0.25) is 0 Å². The molecule has 1 aromatic heterocycles. The van der Waals surface area contributed by atoms with Crippen LogP contribution in [0.1, 0.15) is 22.5 Å². The molecule has 1 rings (SSSR count). The fourth-order valence-electron chi connectivity index (χ4n) is 1.47. The molecule has 0 aliphatic rings. The quantitative estimate of drug-likeness (QED) is 0.396. The second-order valence-electron chi connectivity index (χ2n) is 3.77. The van der Waals surface area contributed by atoms with Crippen LogP contribution in [0.25, 0.3) is 0 Å². The Morgan fingerprint density at radius 3 is 2.95 bits per heavy atom. The minimum absolute atomic E-state index is 0.285. The predicted molar refractivity (Wildman–Crippen MR) is 71.5 cm³/mol. The zero-order valence-corrected chi connectivity index (χ0v) is 11.6. The Kier molecular flexibility index (Phi) is 6.65. The summed E-state index contributed by atoms with van der Waals surface area (Å²) in [6, 6.07) is 0.618. The molecule has 1 amide bonds. The molecule has 1 unspecified atom stereocenters. The van der Waals surface area contributed by atoms with Gasteiger partial charge in [-0.05, 0) is 18.2 Å². The number of aliphatic carboxylic acids is 1. The number of nitrogens with one attached hydrogen (secondary N) is 1. The maximum absolute atomic E-state index is 11.4. The highest BCUT2D eigenvalue weighted by atomic mass is 32.2. The SMILES string of the molecule is COC(=O)c1ccoc1CSCCC(NC=O)C(=O)O. The van der Waals surface area contributed by atoms with Gasteiger partial charge >= 0.3 is 11.9 Å². The Balaban J connectivity index is 2.41. The maximum atomic E-state index is 11.4. The Labute approximate surface area is 119 Å². The van der Waals surface area contributed by atoms with Crippen molar-refractivity contribution in [3.63, 3.8) is 0 Å². The van der Waals surface area contributed by atoms with Gasteiger partial charge in [0.25, 0.3) is 0 Å². The van der Waals surface area contributed by atoms with Crippen molar-refractivity contribution in [2.24, 2.45) is 0 Å². The molecule has 1 aromatic rings. The van der Waals surface area contributed by atoms with Gasteiger partial charge in [-0.1, -0.05) is 0 Å². The second-order valence-corrected chi connectivity index (χ2v) is 4.87. The highest BCUT2D eigenvalue weighted by molar-refractivity contribution is 7.98. The monoisotopic (exact) mass is 301 g/mol. The van der Waals surface area contributed by atoms with Crippen molar-refractivity contribution in [2.75, 3.05) is 12.9 Å². The lowest BCUT2D eigenvalue weighted by Crippen LogP contribution is -2.36. The van der Waals surface area contributed by atoms with Crippen molar-refractivity contribution in [1.29, 1.82) is 0 Å². The lowest BCUT2D eigenvalue weighted by Gasteiger charge is -2.10. The number of carboxylic acids is 1. The summed E-state index contributed by atoms with van der Waals surface area (Å²) in [5, 5.41) is 11.0. The lowest BCUT2D eigenvalue weighted by molar-refractivity contribution is -0.140. The topological polar surface area (TPSA) is 106 Å². The van der Waals surface area contributed by atoms with Gasteiger partial charge < -0.3 is 19.6 Å². The van der Waals surface area contributed by atoms with E-state index >= 15 is 0 Å². The summed E-state index contributed by atoms with van der Waals surface area (Å²) in [5.41, 5.74) is 0.362. The summed E-state index contributed by atoms with van der Waals surface area (Å²) < 4.78 is 9.79. The van der Waals surface area contributed by atoms with Crippen LogP contribution in [0, 0.1) is 0 Å². The molecular weight excluding hydrogens is 286 g/mol. The molecule has 1 heterocycles. The molecule has 2 N–H and O–H groups in total. The van der Waals surface area contributed by atoms with E-state index in [1.807, 2.05) is 0 Å². The zero-order valence-electron chi connectivity index (χ0n) is 10.8. The summed E-state index contributed by atoms with van der Waals surface area (Å²) in [6.45, 7) is 0. The van der Waals surface area contributed by atoms with Crippen LogP contribution < -0.4 is 5.32 Å². The first-order valence-corrected chi connectivity index (χ1v) is 6.90. The molecule has 7 nitrogen and oxygen atoms in total. The van der Waals surface area contributed by atoms with E-state index in [4.69, 9.17) is 9.52 Å². The first kappa shape index (κ1) is 16.1. The number of furan rings is 1. The Morgan fingerprint density at radius 2 is 2.35 bits per heavy atom. The van der Waals surface area contributed by atoms with E-state index in [9.17, 15) is 14.4 Å². The van der Waals surface area contributed by atoms with Gasteiger partial charge in [-0.15, -0.1) is 0 Å². The number of carbonyl (C=O) groups excluding carboxylic acids is 2.